The molecule has 0 aliphatic carbocycles. The van der Waals surface area contributed by atoms with Crippen LogP contribution in [0, 0.1) is 0 Å². The van der Waals surface area contributed by atoms with Gasteiger partial charge >= 0.3 is 5.97 Å². The summed E-state index contributed by atoms with van der Waals surface area (Å²) in [5.41, 5.74) is 1.62. The monoisotopic (exact) mass is 329 g/mol. The highest BCUT2D eigenvalue weighted by molar-refractivity contribution is 5.77. The Hall–Kier alpha value is -2.70. The van der Waals surface area contributed by atoms with E-state index in [1.807, 2.05) is 12.1 Å². The van der Waals surface area contributed by atoms with Crippen LogP contribution in [0.1, 0.15) is 30.7 Å². The lowest BCUT2D eigenvalue weighted by Crippen LogP contribution is -2.35. The Morgan fingerprint density at radius 2 is 2.25 bits per heavy atom. The molecular weight excluding hydrogens is 310 g/mol. The predicted molar refractivity (Wildman–Crippen MR) is 84.7 cm³/mol. The molecule has 0 radical (unpaired) electrons. The second kappa shape index (κ2) is 7.25. The van der Waals surface area contributed by atoms with Gasteiger partial charge in [0, 0.05) is 38.2 Å². The first-order chi connectivity index (χ1) is 11.7. The molecular formula is C17H19N3O4. The van der Waals surface area contributed by atoms with Crippen LogP contribution in [-0.4, -0.2) is 40.4 Å². The number of aromatic nitrogens is 2. The van der Waals surface area contributed by atoms with Gasteiger partial charge in [-0.1, -0.05) is 0 Å². The van der Waals surface area contributed by atoms with E-state index in [9.17, 15) is 9.59 Å². The number of carbonyl (C=O) groups is 2. The average Bonchev–Trinajstić information content (AvgIpc) is 3.05. The van der Waals surface area contributed by atoms with Crippen LogP contribution in [-0.2, 0) is 27.3 Å². The molecule has 126 valence electrons. The number of ether oxygens (including phenoxy) is 1. The first-order valence-electron chi connectivity index (χ1n) is 7.91. The van der Waals surface area contributed by atoms with Gasteiger partial charge < -0.3 is 14.1 Å². The number of hydrogen-bond acceptors (Lipinski definition) is 6. The average molecular weight is 329 g/mol. The minimum atomic E-state index is -0.290. The van der Waals surface area contributed by atoms with Crippen LogP contribution in [0.2, 0.25) is 0 Å². The Morgan fingerprint density at radius 3 is 3.00 bits per heavy atom. The smallest absolute Gasteiger partial charge is 0.305 e. The van der Waals surface area contributed by atoms with E-state index in [2.05, 4.69) is 14.7 Å². The third-order valence-corrected chi connectivity index (χ3v) is 3.99. The largest absolute Gasteiger partial charge is 0.469 e. The van der Waals surface area contributed by atoms with E-state index in [4.69, 9.17) is 4.42 Å². The standard InChI is InChI=1S/C17H19N3O4/c1-23-16(22)6-2-5-15(21)20-9-7-14-13(11-20)19-17(24-14)12-4-3-8-18-10-12/h3-4,8,10H,2,5-7,9,11H2,1H3. The van der Waals surface area contributed by atoms with Crippen molar-refractivity contribution in [3.05, 3.63) is 36.0 Å². The predicted octanol–water partition coefficient (Wildman–Crippen LogP) is 1.96. The van der Waals surface area contributed by atoms with Gasteiger partial charge in [0.1, 0.15) is 11.5 Å². The van der Waals surface area contributed by atoms with Crippen molar-refractivity contribution in [2.45, 2.75) is 32.2 Å². The van der Waals surface area contributed by atoms with Crippen LogP contribution in [0.5, 0.6) is 0 Å². The zero-order chi connectivity index (χ0) is 16.9. The summed E-state index contributed by atoms with van der Waals surface area (Å²) in [7, 11) is 1.35. The Morgan fingerprint density at radius 1 is 1.38 bits per heavy atom. The van der Waals surface area contributed by atoms with Gasteiger partial charge in [0.15, 0.2) is 0 Å². The number of oxazole rings is 1. The van der Waals surface area contributed by atoms with Crippen molar-refractivity contribution in [2.75, 3.05) is 13.7 Å². The summed E-state index contributed by atoms with van der Waals surface area (Å²) in [6.45, 7) is 1.04. The number of esters is 1. The molecule has 0 spiro atoms. The Balaban J connectivity index is 1.61. The van der Waals surface area contributed by atoms with Gasteiger partial charge in [-0.05, 0) is 18.6 Å². The van der Waals surface area contributed by atoms with Crippen molar-refractivity contribution in [1.82, 2.24) is 14.9 Å². The number of methoxy groups -OCH3 is 1. The third kappa shape index (κ3) is 3.61. The highest BCUT2D eigenvalue weighted by Gasteiger charge is 2.25. The lowest BCUT2D eigenvalue weighted by atomic mass is 10.1. The summed E-state index contributed by atoms with van der Waals surface area (Å²) in [5, 5.41) is 0. The zero-order valence-electron chi connectivity index (χ0n) is 13.5. The molecule has 0 N–H and O–H groups in total. The number of fused-ring (bicyclic) bond motifs is 1. The Kier molecular flexibility index (Phi) is 4.88. The number of rotatable bonds is 5. The van der Waals surface area contributed by atoms with Crippen molar-refractivity contribution in [1.29, 1.82) is 0 Å². The molecule has 1 aliphatic heterocycles. The van der Waals surface area contributed by atoms with E-state index in [1.54, 1.807) is 17.3 Å². The van der Waals surface area contributed by atoms with Crippen LogP contribution < -0.4 is 0 Å². The molecule has 1 amide bonds. The molecule has 0 saturated carbocycles. The van der Waals surface area contributed by atoms with E-state index in [-0.39, 0.29) is 18.3 Å². The molecule has 0 atom stereocenters. The van der Waals surface area contributed by atoms with E-state index >= 15 is 0 Å². The van der Waals surface area contributed by atoms with Gasteiger partial charge in [0.2, 0.25) is 11.8 Å². The lowest BCUT2D eigenvalue weighted by Gasteiger charge is -2.25. The summed E-state index contributed by atoms with van der Waals surface area (Å²) >= 11 is 0. The van der Waals surface area contributed by atoms with E-state index in [1.165, 1.54) is 7.11 Å². The quantitative estimate of drug-likeness (QED) is 0.780. The normalized spacial score (nSPS) is 13.5. The summed E-state index contributed by atoms with van der Waals surface area (Å²) in [4.78, 5) is 33.7. The first kappa shape index (κ1) is 16.2. The molecule has 0 bridgehead atoms. The van der Waals surface area contributed by atoms with Gasteiger partial charge in [0.05, 0.1) is 19.2 Å². The maximum atomic E-state index is 12.3. The van der Waals surface area contributed by atoms with Crippen LogP contribution in [0.4, 0.5) is 0 Å². The van der Waals surface area contributed by atoms with Crippen LogP contribution in [0.25, 0.3) is 11.5 Å². The third-order valence-electron chi connectivity index (χ3n) is 3.99. The molecule has 1 aliphatic rings. The van der Waals surface area contributed by atoms with Gasteiger partial charge in [0.25, 0.3) is 0 Å². The van der Waals surface area contributed by atoms with E-state index in [0.717, 1.165) is 17.0 Å². The van der Waals surface area contributed by atoms with E-state index < -0.39 is 0 Å². The summed E-state index contributed by atoms with van der Waals surface area (Å²) < 4.78 is 10.4. The maximum Gasteiger partial charge on any atom is 0.305 e. The maximum absolute atomic E-state index is 12.3. The van der Waals surface area contributed by atoms with Gasteiger partial charge in [-0.3, -0.25) is 14.6 Å². The molecule has 3 rings (SSSR count). The van der Waals surface area contributed by atoms with Gasteiger partial charge in [-0.2, -0.15) is 0 Å². The summed E-state index contributed by atoms with van der Waals surface area (Å²) in [5.74, 6) is 1.09. The molecule has 0 unspecified atom stereocenters. The van der Waals surface area contributed by atoms with Crippen LogP contribution in [0.15, 0.2) is 28.9 Å². The van der Waals surface area contributed by atoms with Crippen molar-refractivity contribution < 1.29 is 18.7 Å². The molecule has 2 aromatic rings. The number of nitrogens with zero attached hydrogens (tertiary/aromatic N) is 3. The lowest BCUT2D eigenvalue weighted by molar-refractivity contribution is -0.141. The van der Waals surface area contributed by atoms with E-state index in [0.29, 0.717) is 38.2 Å². The minimum Gasteiger partial charge on any atom is -0.469 e. The SMILES string of the molecule is COC(=O)CCCC(=O)N1CCc2oc(-c3cccnc3)nc2C1. The Labute approximate surface area is 139 Å². The van der Waals surface area contributed by atoms with Crippen molar-refractivity contribution >= 4 is 11.9 Å². The number of carbonyl (C=O) groups excluding carboxylic acids is 2. The van der Waals surface area contributed by atoms with Crippen LogP contribution >= 0.6 is 0 Å². The summed E-state index contributed by atoms with van der Waals surface area (Å²) in [6, 6.07) is 3.72. The molecule has 3 heterocycles. The molecule has 24 heavy (non-hydrogen) atoms. The Bertz CT molecular complexity index is 727. The molecule has 0 saturated heterocycles. The van der Waals surface area contributed by atoms with Crippen LogP contribution in [0.3, 0.4) is 0 Å². The minimum absolute atomic E-state index is 0.0236. The van der Waals surface area contributed by atoms with Crippen molar-refractivity contribution in [2.24, 2.45) is 0 Å². The second-order valence-corrected chi connectivity index (χ2v) is 5.63. The fraction of sp³-hybridized carbons (Fsp3) is 0.412. The molecule has 7 nitrogen and oxygen atoms in total. The second-order valence-electron chi connectivity index (χ2n) is 5.63. The topological polar surface area (TPSA) is 85.5 Å². The molecule has 0 aromatic carbocycles. The van der Waals surface area contributed by atoms with Crippen molar-refractivity contribution in [3.63, 3.8) is 0 Å². The highest BCUT2D eigenvalue weighted by atomic mass is 16.5. The van der Waals surface area contributed by atoms with Gasteiger partial charge in [-0.25, -0.2) is 4.98 Å². The fourth-order valence-corrected chi connectivity index (χ4v) is 2.67. The zero-order valence-corrected chi connectivity index (χ0v) is 13.5. The molecule has 7 heteroatoms. The highest BCUT2D eigenvalue weighted by Crippen LogP contribution is 2.26. The van der Waals surface area contributed by atoms with Gasteiger partial charge in [-0.15, -0.1) is 0 Å². The number of pyridine rings is 1. The van der Waals surface area contributed by atoms with Crippen molar-refractivity contribution in [3.8, 4) is 11.5 Å². The first-order valence-corrected chi connectivity index (χ1v) is 7.91. The fourth-order valence-electron chi connectivity index (χ4n) is 2.67. The number of amides is 1. The summed E-state index contributed by atoms with van der Waals surface area (Å²) in [6.07, 6.45) is 5.13. The molecule has 2 aromatic heterocycles. The number of hydrogen-bond donors (Lipinski definition) is 0. The molecule has 0 fully saturated rings.